The zero-order valence-corrected chi connectivity index (χ0v) is 14.8. The first-order valence-corrected chi connectivity index (χ1v) is 9.40. The molecule has 2 nitrogen and oxygen atoms in total. The molecular weight excluding hydrogens is 272 g/mol. The number of esters is 1. The largest absolute Gasteiger partial charge is 0.461 e. The Labute approximate surface area is 136 Å². The summed E-state index contributed by atoms with van der Waals surface area (Å²) in [5.41, 5.74) is 1.80. The Morgan fingerprint density at radius 2 is 1.86 bits per heavy atom. The lowest BCUT2D eigenvalue weighted by Gasteiger charge is -2.56. The molecule has 3 rings (SSSR count). The predicted molar refractivity (Wildman–Crippen MR) is 91.6 cm³/mol. The molecule has 0 aromatic carbocycles. The maximum absolute atomic E-state index is 11.9. The highest BCUT2D eigenvalue weighted by atomic mass is 16.5. The van der Waals surface area contributed by atoms with E-state index in [0.29, 0.717) is 24.4 Å². The zero-order chi connectivity index (χ0) is 16.0. The highest BCUT2D eigenvalue weighted by Gasteiger charge is 2.51. The summed E-state index contributed by atoms with van der Waals surface area (Å²) in [5.74, 6) is 1.50. The number of hydrogen-bond acceptors (Lipinski definition) is 2. The van der Waals surface area contributed by atoms with E-state index in [4.69, 9.17) is 4.74 Å². The summed E-state index contributed by atoms with van der Waals surface area (Å²) in [6.45, 7) is 7.50. The van der Waals surface area contributed by atoms with Crippen LogP contribution in [0.5, 0.6) is 0 Å². The Bertz CT molecular complexity index is 395. The van der Waals surface area contributed by atoms with Gasteiger partial charge in [0.25, 0.3) is 0 Å². The lowest BCUT2D eigenvalue weighted by atomic mass is 9.49. The average Bonchev–Trinajstić information content (AvgIpc) is 2.52. The van der Waals surface area contributed by atoms with Crippen molar-refractivity contribution in [1.29, 1.82) is 0 Å². The summed E-state index contributed by atoms with van der Waals surface area (Å²) in [5, 5.41) is 0. The third kappa shape index (κ3) is 4.36. The van der Waals surface area contributed by atoms with Gasteiger partial charge in [0, 0.05) is 6.42 Å². The second kappa shape index (κ2) is 8.17. The molecule has 0 heterocycles. The Balaban J connectivity index is 1.54. The molecule has 126 valence electrons. The van der Waals surface area contributed by atoms with Crippen LogP contribution < -0.4 is 0 Å². The SMILES string of the molecule is CCCCCCCCCC(=O)OCC1=CCC2CC1C2(C)C. The molecule has 0 aromatic rings. The summed E-state index contributed by atoms with van der Waals surface area (Å²) in [4.78, 5) is 11.9. The first kappa shape index (κ1) is 17.6. The molecule has 3 aliphatic carbocycles. The summed E-state index contributed by atoms with van der Waals surface area (Å²) < 4.78 is 5.51. The highest BCUT2D eigenvalue weighted by Crippen LogP contribution is 2.59. The minimum absolute atomic E-state index is 0.00582. The topological polar surface area (TPSA) is 26.3 Å². The van der Waals surface area contributed by atoms with Crippen molar-refractivity contribution in [3.63, 3.8) is 0 Å². The Hall–Kier alpha value is -0.790. The van der Waals surface area contributed by atoms with E-state index in [-0.39, 0.29) is 5.97 Å². The summed E-state index contributed by atoms with van der Waals surface area (Å²) in [6, 6.07) is 0. The van der Waals surface area contributed by atoms with E-state index < -0.39 is 0 Å². The fourth-order valence-electron chi connectivity index (χ4n) is 4.10. The molecule has 2 bridgehead atoms. The third-order valence-electron chi connectivity index (χ3n) is 5.97. The van der Waals surface area contributed by atoms with Gasteiger partial charge in [0.1, 0.15) is 6.61 Å². The van der Waals surface area contributed by atoms with E-state index in [2.05, 4.69) is 26.8 Å². The van der Waals surface area contributed by atoms with Gasteiger partial charge in [-0.1, -0.05) is 65.4 Å². The molecule has 2 unspecified atom stereocenters. The van der Waals surface area contributed by atoms with Gasteiger partial charge in [-0.2, -0.15) is 0 Å². The Morgan fingerprint density at radius 3 is 2.50 bits per heavy atom. The number of unbranched alkanes of at least 4 members (excludes halogenated alkanes) is 6. The monoisotopic (exact) mass is 306 g/mol. The van der Waals surface area contributed by atoms with E-state index >= 15 is 0 Å². The van der Waals surface area contributed by atoms with Crippen LogP contribution in [0.15, 0.2) is 11.6 Å². The molecule has 0 radical (unpaired) electrons. The molecule has 0 amide bonds. The molecule has 0 spiro atoms. The Kier molecular flexibility index (Phi) is 6.52. The minimum Gasteiger partial charge on any atom is -0.461 e. The average molecular weight is 306 g/mol. The normalized spacial score (nSPS) is 25.3. The van der Waals surface area contributed by atoms with Crippen molar-refractivity contribution in [3.8, 4) is 0 Å². The van der Waals surface area contributed by atoms with Crippen molar-refractivity contribution >= 4 is 5.97 Å². The van der Waals surface area contributed by atoms with Crippen molar-refractivity contribution in [3.05, 3.63) is 11.6 Å². The lowest BCUT2D eigenvalue weighted by Crippen LogP contribution is -2.48. The molecule has 1 fully saturated rings. The molecular formula is C20H34O2. The van der Waals surface area contributed by atoms with Crippen molar-refractivity contribution in [2.45, 2.75) is 85.0 Å². The molecule has 0 aliphatic heterocycles. The van der Waals surface area contributed by atoms with E-state index in [0.717, 1.165) is 12.3 Å². The number of rotatable bonds is 10. The van der Waals surface area contributed by atoms with Gasteiger partial charge in [-0.25, -0.2) is 0 Å². The number of allylic oxidation sites excluding steroid dienone is 1. The van der Waals surface area contributed by atoms with Crippen LogP contribution in [0.4, 0.5) is 0 Å². The molecule has 0 N–H and O–H groups in total. The standard InChI is InChI=1S/C20H34O2/c1-4-5-6-7-8-9-10-11-19(21)22-15-16-12-13-17-14-18(16)20(17,2)3/h12,17-18H,4-11,13-15H2,1-3H3. The number of carbonyl (C=O) groups is 1. The minimum atomic E-state index is -0.00582. The van der Waals surface area contributed by atoms with Crippen molar-refractivity contribution in [2.24, 2.45) is 17.3 Å². The van der Waals surface area contributed by atoms with E-state index in [9.17, 15) is 4.79 Å². The smallest absolute Gasteiger partial charge is 0.306 e. The van der Waals surface area contributed by atoms with Crippen LogP contribution in [0.3, 0.4) is 0 Å². The van der Waals surface area contributed by atoms with Crippen LogP contribution in [0, 0.1) is 17.3 Å². The third-order valence-corrected chi connectivity index (χ3v) is 5.97. The summed E-state index contributed by atoms with van der Waals surface area (Å²) >= 11 is 0. The van der Waals surface area contributed by atoms with Crippen LogP contribution in [0.2, 0.25) is 0 Å². The maximum atomic E-state index is 11.9. The lowest BCUT2D eigenvalue weighted by molar-refractivity contribution is -0.143. The second-order valence-electron chi connectivity index (χ2n) is 7.85. The maximum Gasteiger partial charge on any atom is 0.306 e. The highest BCUT2D eigenvalue weighted by molar-refractivity contribution is 5.69. The van der Waals surface area contributed by atoms with Crippen LogP contribution in [0.1, 0.15) is 85.0 Å². The van der Waals surface area contributed by atoms with E-state index in [1.54, 1.807) is 0 Å². The molecule has 2 atom stereocenters. The first-order chi connectivity index (χ1) is 10.6. The molecule has 0 saturated heterocycles. The fraction of sp³-hybridized carbons (Fsp3) is 0.850. The van der Waals surface area contributed by atoms with Gasteiger partial charge in [-0.15, -0.1) is 0 Å². The molecule has 22 heavy (non-hydrogen) atoms. The van der Waals surface area contributed by atoms with Crippen LogP contribution >= 0.6 is 0 Å². The zero-order valence-electron chi connectivity index (χ0n) is 14.8. The molecule has 1 saturated carbocycles. The van der Waals surface area contributed by atoms with Gasteiger partial charge in [0.2, 0.25) is 0 Å². The fourth-order valence-corrected chi connectivity index (χ4v) is 4.10. The molecule has 2 heteroatoms. The van der Waals surface area contributed by atoms with Crippen molar-refractivity contribution in [1.82, 2.24) is 0 Å². The van der Waals surface area contributed by atoms with Gasteiger partial charge >= 0.3 is 5.97 Å². The number of ether oxygens (including phenoxy) is 1. The summed E-state index contributed by atoms with van der Waals surface area (Å²) in [6.07, 6.45) is 14.1. The molecule has 3 aliphatic rings. The first-order valence-electron chi connectivity index (χ1n) is 9.40. The second-order valence-corrected chi connectivity index (χ2v) is 7.85. The van der Waals surface area contributed by atoms with Gasteiger partial charge in [0.05, 0.1) is 0 Å². The predicted octanol–water partition coefficient (Wildman–Crippen LogP) is 5.66. The van der Waals surface area contributed by atoms with E-state index in [1.165, 1.54) is 56.9 Å². The van der Waals surface area contributed by atoms with Gasteiger partial charge in [-0.05, 0) is 42.1 Å². The van der Waals surface area contributed by atoms with Gasteiger partial charge in [-0.3, -0.25) is 4.79 Å². The quantitative estimate of drug-likeness (QED) is 0.295. The van der Waals surface area contributed by atoms with Crippen LogP contribution in [-0.2, 0) is 9.53 Å². The van der Waals surface area contributed by atoms with Crippen LogP contribution in [-0.4, -0.2) is 12.6 Å². The van der Waals surface area contributed by atoms with Crippen molar-refractivity contribution in [2.75, 3.05) is 6.61 Å². The van der Waals surface area contributed by atoms with E-state index in [1.807, 2.05) is 0 Å². The van der Waals surface area contributed by atoms with Crippen LogP contribution in [0.25, 0.3) is 0 Å². The van der Waals surface area contributed by atoms with Gasteiger partial charge < -0.3 is 4.74 Å². The number of carbonyl (C=O) groups excluding carboxylic acids is 1. The number of fused-ring (bicyclic) bond motifs is 1. The molecule has 0 aromatic heterocycles. The summed E-state index contributed by atoms with van der Waals surface area (Å²) in [7, 11) is 0. The number of hydrogen-bond donors (Lipinski definition) is 0. The van der Waals surface area contributed by atoms with Crippen molar-refractivity contribution < 1.29 is 9.53 Å². The van der Waals surface area contributed by atoms with Gasteiger partial charge in [0.15, 0.2) is 0 Å². The Morgan fingerprint density at radius 1 is 1.18 bits per heavy atom.